The van der Waals surface area contributed by atoms with Gasteiger partial charge in [0.15, 0.2) is 11.0 Å². The summed E-state index contributed by atoms with van der Waals surface area (Å²) < 4.78 is 19.3. The van der Waals surface area contributed by atoms with Gasteiger partial charge in [-0.15, -0.1) is 0 Å². The van der Waals surface area contributed by atoms with Gasteiger partial charge in [0.1, 0.15) is 17.3 Å². The Balaban J connectivity index is 2.34. The van der Waals surface area contributed by atoms with E-state index in [0.717, 1.165) is 6.07 Å². The van der Waals surface area contributed by atoms with Crippen LogP contribution in [-0.2, 0) is 0 Å². The zero-order chi connectivity index (χ0) is 15.1. The molecule has 3 aromatic rings. The number of aromatic hydroxyl groups is 1. The van der Waals surface area contributed by atoms with E-state index >= 15 is 0 Å². The summed E-state index contributed by atoms with van der Waals surface area (Å²) in [6.07, 6.45) is 0. The standard InChI is InChI=1S/C15H7BrClFO3/c16-9-5-12(19)8(4-11(9)18)14-6-13(20)7-2-1-3-10(17)15(7)21-14/h1-6,19H. The van der Waals surface area contributed by atoms with Crippen LogP contribution in [0.1, 0.15) is 0 Å². The van der Waals surface area contributed by atoms with Crippen molar-refractivity contribution in [1.82, 2.24) is 0 Å². The Morgan fingerprint density at radius 3 is 2.76 bits per heavy atom. The lowest BCUT2D eigenvalue weighted by Gasteiger charge is -2.07. The highest BCUT2D eigenvalue weighted by molar-refractivity contribution is 9.10. The van der Waals surface area contributed by atoms with E-state index in [0.29, 0.717) is 5.39 Å². The molecule has 106 valence electrons. The zero-order valence-electron chi connectivity index (χ0n) is 10.4. The van der Waals surface area contributed by atoms with Gasteiger partial charge in [0.2, 0.25) is 0 Å². The van der Waals surface area contributed by atoms with Crippen molar-refractivity contribution < 1.29 is 13.9 Å². The second-order valence-corrected chi connectivity index (χ2v) is 5.64. The van der Waals surface area contributed by atoms with Crippen molar-refractivity contribution >= 4 is 38.5 Å². The Morgan fingerprint density at radius 1 is 1.24 bits per heavy atom. The molecule has 0 amide bonds. The molecule has 1 N–H and O–H groups in total. The van der Waals surface area contributed by atoms with Crippen LogP contribution < -0.4 is 5.43 Å². The van der Waals surface area contributed by atoms with Gasteiger partial charge in [-0.05, 0) is 40.2 Å². The van der Waals surface area contributed by atoms with Gasteiger partial charge in [-0.25, -0.2) is 4.39 Å². The molecule has 1 aromatic heterocycles. The van der Waals surface area contributed by atoms with E-state index in [4.69, 9.17) is 16.0 Å². The Labute approximate surface area is 131 Å². The molecular weight excluding hydrogens is 363 g/mol. The predicted molar refractivity (Wildman–Crippen MR) is 82.3 cm³/mol. The summed E-state index contributed by atoms with van der Waals surface area (Å²) in [5.41, 5.74) is -0.0458. The first kappa shape index (κ1) is 14.1. The van der Waals surface area contributed by atoms with Crippen LogP contribution in [0.25, 0.3) is 22.3 Å². The van der Waals surface area contributed by atoms with Crippen molar-refractivity contribution in [2.75, 3.05) is 0 Å². The fourth-order valence-electron chi connectivity index (χ4n) is 2.01. The summed E-state index contributed by atoms with van der Waals surface area (Å²) in [5.74, 6) is -0.743. The van der Waals surface area contributed by atoms with Crippen LogP contribution in [0.5, 0.6) is 5.75 Å². The molecule has 0 spiro atoms. The maximum atomic E-state index is 13.6. The summed E-state index contributed by atoms with van der Waals surface area (Å²) in [6, 6.07) is 8.28. The minimum atomic E-state index is -0.579. The lowest BCUT2D eigenvalue weighted by Crippen LogP contribution is -2.00. The predicted octanol–water partition coefficient (Wildman–Crippen LogP) is 4.72. The maximum Gasteiger partial charge on any atom is 0.193 e. The van der Waals surface area contributed by atoms with Gasteiger partial charge < -0.3 is 9.52 Å². The first-order valence-electron chi connectivity index (χ1n) is 5.88. The number of halogens is 3. The number of benzene rings is 2. The quantitative estimate of drug-likeness (QED) is 0.675. The van der Waals surface area contributed by atoms with Crippen LogP contribution in [0.4, 0.5) is 4.39 Å². The molecule has 6 heteroatoms. The first-order valence-corrected chi connectivity index (χ1v) is 7.05. The minimum Gasteiger partial charge on any atom is -0.507 e. The second-order valence-electron chi connectivity index (χ2n) is 4.37. The smallest absolute Gasteiger partial charge is 0.193 e. The van der Waals surface area contributed by atoms with Crippen molar-refractivity contribution in [1.29, 1.82) is 0 Å². The van der Waals surface area contributed by atoms with Gasteiger partial charge in [-0.1, -0.05) is 17.7 Å². The molecule has 21 heavy (non-hydrogen) atoms. The molecule has 0 aliphatic rings. The lowest BCUT2D eigenvalue weighted by atomic mass is 10.1. The molecule has 0 saturated heterocycles. The average molecular weight is 370 g/mol. The van der Waals surface area contributed by atoms with Crippen LogP contribution in [0.2, 0.25) is 5.02 Å². The van der Waals surface area contributed by atoms with Crippen molar-refractivity contribution in [3.63, 3.8) is 0 Å². The molecular formula is C15H7BrClFO3. The third-order valence-electron chi connectivity index (χ3n) is 3.01. The van der Waals surface area contributed by atoms with E-state index < -0.39 is 5.82 Å². The van der Waals surface area contributed by atoms with Gasteiger partial charge in [0, 0.05) is 6.07 Å². The van der Waals surface area contributed by atoms with Crippen LogP contribution in [0.15, 0.2) is 50.1 Å². The Bertz CT molecular complexity index is 921. The summed E-state index contributed by atoms with van der Waals surface area (Å²) >= 11 is 8.98. The van der Waals surface area contributed by atoms with Gasteiger partial charge in [0.05, 0.1) is 20.4 Å². The molecule has 0 unspecified atom stereocenters. The third-order valence-corrected chi connectivity index (χ3v) is 3.92. The summed E-state index contributed by atoms with van der Waals surface area (Å²) in [6.45, 7) is 0. The number of phenolic OH excluding ortho intramolecular Hbond substituents is 1. The van der Waals surface area contributed by atoms with Crippen LogP contribution >= 0.6 is 27.5 Å². The van der Waals surface area contributed by atoms with Gasteiger partial charge >= 0.3 is 0 Å². The molecule has 2 aromatic carbocycles. The molecule has 0 aliphatic carbocycles. The van der Waals surface area contributed by atoms with E-state index in [-0.39, 0.29) is 37.6 Å². The molecule has 0 fully saturated rings. The molecule has 0 aliphatic heterocycles. The van der Waals surface area contributed by atoms with E-state index in [1.165, 1.54) is 12.1 Å². The number of hydrogen-bond donors (Lipinski definition) is 1. The maximum absolute atomic E-state index is 13.6. The minimum absolute atomic E-state index is 0.0458. The lowest BCUT2D eigenvalue weighted by molar-refractivity contribution is 0.471. The van der Waals surface area contributed by atoms with Crippen molar-refractivity contribution in [2.24, 2.45) is 0 Å². The molecule has 0 saturated carbocycles. The molecule has 0 radical (unpaired) electrons. The van der Waals surface area contributed by atoms with E-state index in [1.54, 1.807) is 18.2 Å². The first-order chi connectivity index (χ1) is 9.97. The molecule has 3 rings (SSSR count). The van der Waals surface area contributed by atoms with Crippen LogP contribution in [-0.4, -0.2) is 5.11 Å². The van der Waals surface area contributed by atoms with Crippen molar-refractivity contribution in [2.45, 2.75) is 0 Å². The fraction of sp³-hybridized carbons (Fsp3) is 0. The highest BCUT2D eigenvalue weighted by atomic mass is 79.9. The highest BCUT2D eigenvalue weighted by Crippen LogP contribution is 2.35. The number of phenols is 1. The Hall–Kier alpha value is -1.85. The van der Waals surface area contributed by atoms with Crippen LogP contribution in [0.3, 0.4) is 0 Å². The van der Waals surface area contributed by atoms with Crippen molar-refractivity contribution in [3.05, 3.63) is 61.9 Å². The third kappa shape index (κ3) is 2.43. The summed E-state index contributed by atoms with van der Waals surface area (Å²) in [4.78, 5) is 12.1. The SMILES string of the molecule is O=c1cc(-c2cc(F)c(Br)cc2O)oc2c(Cl)cccc12. The largest absolute Gasteiger partial charge is 0.507 e. The average Bonchev–Trinajstić information content (AvgIpc) is 2.44. The number of para-hydroxylation sites is 1. The number of fused-ring (bicyclic) bond motifs is 1. The van der Waals surface area contributed by atoms with E-state index in [2.05, 4.69) is 15.9 Å². The number of hydrogen-bond acceptors (Lipinski definition) is 3. The molecule has 1 heterocycles. The number of rotatable bonds is 1. The molecule has 0 atom stereocenters. The normalized spacial score (nSPS) is 11.0. The van der Waals surface area contributed by atoms with E-state index in [1.807, 2.05) is 0 Å². The molecule has 3 nitrogen and oxygen atoms in total. The second kappa shape index (κ2) is 5.16. The summed E-state index contributed by atoms with van der Waals surface area (Å²) in [5, 5.41) is 10.5. The Kier molecular flexibility index (Phi) is 3.47. The highest BCUT2D eigenvalue weighted by Gasteiger charge is 2.14. The zero-order valence-corrected chi connectivity index (χ0v) is 12.7. The Morgan fingerprint density at radius 2 is 2.00 bits per heavy atom. The van der Waals surface area contributed by atoms with Crippen molar-refractivity contribution in [3.8, 4) is 17.1 Å². The summed E-state index contributed by atoms with van der Waals surface area (Å²) in [7, 11) is 0. The van der Waals surface area contributed by atoms with Crippen LogP contribution in [0, 0.1) is 5.82 Å². The fourth-order valence-corrected chi connectivity index (χ4v) is 2.55. The monoisotopic (exact) mass is 368 g/mol. The van der Waals surface area contributed by atoms with Gasteiger partial charge in [-0.3, -0.25) is 4.79 Å². The molecule has 0 bridgehead atoms. The topological polar surface area (TPSA) is 50.4 Å². The van der Waals surface area contributed by atoms with Gasteiger partial charge in [0.25, 0.3) is 0 Å². The van der Waals surface area contributed by atoms with Gasteiger partial charge in [-0.2, -0.15) is 0 Å². The van der Waals surface area contributed by atoms with E-state index in [9.17, 15) is 14.3 Å².